The molecule has 6 heteroatoms. The summed E-state index contributed by atoms with van der Waals surface area (Å²) in [6.07, 6.45) is 1.81. The van der Waals surface area contributed by atoms with Crippen molar-refractivity contribution in [2.45, 2.75) is 11.9 Å². The van der Waals surface area contributed by atoms with E-state index in [9.17, 15) is 4.79 Å². The lowest BCUT2D eigenvalue weighted by atomic mass is 10.1. The second-order valence-corrected chi connectivity index (χ2v) is 7.35. The highest BCUT2D eigenvalue weighted by atomic mass is 32.2. The van der Waals surface area contributed by atoms with Crippen LogP contribution in [0.3, 0.4) is 0 Å². The van der Waals surface area contributed by atoms with Crippen molar-refractivity contribution < 1.29 is 14.3 Å². The summed E-state index contributed by atoms with van der Waals surface area (Å²) in [6.45, 7) is 0.486. The van der Waals surface area contributed by atoms with Gasteiger partial charge in [0, 0.05) is 23.2 Å². The van der Waals surface area contributed by atoms with Gasteiger partial charge in [-0.2, -0.15) is 0 Å². The second-order valence-electron chi connectivity index (χ2n) is 6.28. The van der Waals surface area contributed by atoms with Crippen molar-refractivity contribution >= 4 is 28.6 Å². The van der Waals surface area contributed by atoms with Gasteiger partial charge in [-0.05, 0) is 29.8 Å². The van der Waals surface area contributed by atoms with Gasteiger partial charge in [-0.3, -0.25) is 9.78 Å². The van der Waals surface area contributed by atoms with Gasteiger partial charge in [0.1, 0.15) is 16.9 Å². The van der Waals surface area contributed by atoms with E-state index >= 15 is 0 Å². The number of nitrogens with zero attached hydrogens (tertiary/aromatic N) is 2. The molecule has 0 saturated carbocycles. The van der Waals surface area contributed by atoms with Crippen LogP contribution in [0, 0.1) is 0 Å². The molecule has 1 aliphatic heterocycles. The molecule has 2 aromatic carbocycles. The predicted octanol–water partition coefficient (Wildman–Crippen LogP) is 4.03. The van der Waals surface area contributed by atoms with E-state index in [4.69, 9.17) is 9.47 Å². The van der Waals surface area contributed by atoms with Crippen molar-refractivity contribution in [1.29, 1.82) is 0 Å². The van der Waals surface area contributed by atoms with E-state index in [0.29, 0.717) is 12.3 Å². The van der Waals surface area contributed by atoms with E-state index in [1.807, 2.05) is 53.6 Å². The Bertz CT molecular complexity index is 987. The average molecular weight is 380 g/mol. The monoisotopic (exact) mass is 380 g/mol. The van der Waals surface area contributed by atoms with Gasteiger partial charge < -0.3 is 14.4 Å². The number of methoxy groups -OCH3 is 2. The normalized spacial score (nSPS) is 16.7. The smallest absolute Gasteiger partial charge is 0.234 e. The lowest BCUT2D eigenvalue weighted by Crippen LogP contribution is -2.28. The summed E-state index contributed by atoms with van der Waals surface area (Å²) < 4.78 is 10.8. The van der Waals surface area contributed by atoms with Crippen LogP contribution in [0.2, 0.25) is 0 Å². The van der Waals surface area contributed by atoms with Gasteiger partial charge in [-0.25, -0.2) is 0 Å². The van der Waals surface area contributed by atoms with Crippen LogP contribution in [-0.4, -0.2) is 35.8 Å². The van der Waals surface area contributed by atoms with Gasteiger partial charge >= 0.3 is 0 Å². The van der Waals surface area contributed by atoms with Gasteiger partial charge in [-0.15, -0.1) is 11.8 Å². The number of hydrogen-bond acceptors (Lipinski definition) is 5. The van der Waals surface area contributed by atoms with Crippen molar-refractivity contribution in [2.24, 2.45) is 0 Å². The third-order valence-corrected chi connectivity index (χ3v) is 5.99. The fourth-order valence-electron chi connectivity index (χ4n) is 3.38. The first-order chi connectivity index (χ1) is 13.2. The molecule has 1 aromatic heterocycles. The van der Waals surface area contributed by atoms with Gasteiger partial charge in [0.15, 0.2) is 0 Å². The highest BCUT2D eigenvalue weighted by Crippen LogP contribution is 2.42. The maximum atomic E-state index is 12.6. The van der Waals surface area contributed by atoms with Gasteiger partial charge in [0.25, 0.3) is 0 Å². The van der Waals surface area contributed by atoms with Crippen LogP contribution in [0.25, 0.3) is 10.9 Å². The first kappa shape index (κ1) is 17.7. The highest BCUT2D eigenvalue weighted by molar-refractivity contribution is 8.00. The average Bonchev–Trinajstić information content (AvgIpc) is 3.08. The topological polar surface area (TPSA) is 51.7 Å². The molecular formula is C21H20N2O3S. The van der Waals surface area contributed by atoms with Crippen molar-refractivity contribution in [2.75, 3.05) is 20.0 Å². The van der Waals surface area contributed by atoms with E-state index in [1.54, 1.807) is 26.0 Å². The Morgan fingerprint density at radius 3 is 2.81 bits per heavy atom. The largest absolute Gasteiger partial charge is 0.497 e. The molecular weight excluding hydrogens is 360 g/mol. The molecule has 27 heavy (non-hydrogen) atoms. The summed E-state index contributed by atoms with van der Waals surface area (Å²) in [4.78, 5) is 19.0. The number of ether oxygens (including phenoxy) is 2. The Morgan fingerprint density at radius 1 is 1.15 bits per heavy atom. The predicted molar refractivity (Wildman–Crippen MR) is 107 cm³/mol. The van der Waals surface area contributed by atoms with E-state index in [1.165, 1.54) is 0 Å². The number of fused-ring (bicyclic) bond motifs is 1. The SMILES string of the molecule is COc1ccc(CN2C(=O)CSC2c2ccnc3ccccc23)c(OC)c1. The van der Waals surface area contributed by atoms with E-state index in [2.05, 4.69) is 11.1 Å². The fraction of sp³-hybridized carbons (Fsp3) is 0.238. The van der Waals surface area contributed by atoms with Crippen LogP contribution in [0.1, 0.15) is 16.5 Å². The summed E-state index contributed by atoms with van der Waals surface area (Å²) in [7, 11) is 3.26. The summed E-state index contributed by atoms with van der Waals surface area (Å²) >= 11 is 1.65. The molecule has 1 fully saturated rings. The summed E-state index contributed by atoms with van der Waals surface area (Å²) in [5.74, 6) is 2.05. The molecule has 0 aliphatic carbocycles. The zero-order valence-corrected chi connectivity index (χ0v) is 16.0. The maximum Gasteiger partial charge on any atom is 0.234 e. The molecule has 0 radical (unpaired) electrons. The molecule has 0 spiro atoms. The summed E-state index contributed by atoms with van der Waals surface area (Å²) in [5, 5.41) is 1.04. The molecule has 5 nitrogen and oxygen atoms in total. The van der Waals surface area contributed by atoms with Crippen LogP contribution in [0.15, 0.2) is 54.7 Å². The lowest BCUT2D eigenvalue weighted by Gasteiger charge is -2.26. The number of pyridine rings is 1. The van der Waals surface area contributed by atoms with Crippen LogP contribution < -0.4 is 9.47 Å². The van der Waals surface area contributed by atoms with E-state index in [-0.39, 0.29) is 11.3 Å². The minimum absolute atomic E-state index is 0.0443. The number of carbonyl (C=O) groups excluding carboxylic acids is 1. The second kappa shape index (κ2) is 7.48. The Hall–Kier alpha value is -2.73. The number of rotatable bonds is 5. The Kier molecular flexibility index (Phi) is 4.90. The van der Waals surface area contributed by atoms with Crippen LogP contribution >= 0.6 is 11.8 Å². The van der Waals surface area contributed by atoms with E-state index < -0.39 is 0 Å². The first-order valence-electron chi connectivity index (χ1n) is 8.67. The van der Waals surface area contributed by atoms with Crippen LogP contribution in [0.4, 0.5) is 0 Å². The number of para-hydroxylation sites is 1. The number of amides is 1. The Labute approximate surface area is 162 Å². The van der Waals surface area contributed by atoms with Gasteiger partial charge in [0.2, 0.25) is 5.91 Å². The minimum atomic E-state index is -0.0443. The number of aromatic nitrogens is 1. The molecule has 1 aliphatic rings. The minimum Gasteiger partial charge on any atom is -0.497 e. The Balaban J connectivity index is 1.70. The Morgan fingerprint density at radius 2 is 2.00 bits per heavy atom. The molecule has 1 amide bonds. The fourth-order valence-corrected chi connectivity index (χ4v) is 4.61. The van der Waals surface area contributed by atoms with Gasteiger partial charge in [-0.1, -0.05) is 18.2 Å². The number of benzene rings is 2. The quantitative estimate of drug-likeness (QED) is 0.669. The van der Waals surface area contributed by atoms with Gasteiger partial charge in [0.05, 0.1) is 32.0 Å². The third kappa shape index (κ3) is 3.32. The summed E-state index contributed by atoms with van der Waals surface area (Å²) in [5.41, 5.74) is 3.01. The molecule has 0 bridgehead atoms. The molecule has 138 valence electrons. The molecule has 3 aromatic rings. The number of hydrogen-bond donors (Lipinski definition) is 0. The molecule has 1 atom stereocenters. The van der Waals surface area contributed by atoms with Crippen LogP contribution in [-0.2, 0) is 11.3 Å². The standard InChI is InChI=1S/C21H20N2O3S/c1-25-15-8-7-14(19(11-15)26-2)12-23-20(24)13-27-21(23)17-9-10-22-18-6-4-3-5-16(17)18/h3-11,21H,12-13H2,1-2H3. The number of thioether (sulfide) groups is 1. The highest BCUT2D eigenvalue weighted by Gasteiger charge is 2.34. The lowest BCUT2D eigenvalue weighted by molar-refractivity contribution is -0.128. The van der Waals surface area contributed by atoms with Crippen molar-refractivity contribution in [1.82, 2.24) is 9.88 Å². The third-order valence-electron chi connectivity index (χ3n) is 4.75. The molecule has 4 rings (SSSR count). The molecule has 1 saturated heterocycles. The molecule has 1 unspecified atom stereocenters. The van der Waals surface area contributed by atoms with Crippen LogP contribution in [0.5, 0.6) is 11.5 Å². The number of carbonyl (C=O) groups is 1. The summed E-state index contributed by atoms with van der Waals surface area (Å²) in [6, 6.07) is 15.7. The maximum absolute atomic E-state index is 12.6. The molecule has 0 N–H and O–H groups in total. The zero-order valence-electron chi connectivity index (χ0n) is 15.2. The van der Waals surface area contributed by atoms with E-state index in [0.717, 1.165) is 33.5 Å². The molecule has 2 heterocycles. The first-order valence-corrected chi connectivity index (χ1v) is 9.72. The zero-order chi connectivity index (χ0) is 18.8. The van der Waals surface area contributed by atoms with Crippen molar-refractivity contribution in [3.8, 4) is 11.5 Å². The van der Waals surface area contributed by atoms with Crippen molar-refractivity contribution in [3.05, 3.63) is 65.9 Å². The van der Waals surface area contributed by atoms with Crippen molar-refractivity contribution in [3.63, 3.8) is 0 Å².